The molecule has 0 radical (unpaired) electrons. The van der Waals surface area contributed by atoms with Crippen LogP contribution in [-0.4, -0.2) is 24.5 Å². The van der Waals surface area contributed by atoms with Gasteiger partial charge >= 0.3 is 0 Å². The fraction of sp³-hybridized carbons (Fsp3) is 0.278. The molecule has 0 fully saturated rings. The van der Waals surface area contributed by atoms with E-state index in [4.69, 9.17) is 9.15 Å². The van der Waals surface area contributed by atoms with Gasteiger partial charge in [-0.15, -0.1) is 11.3 Å². The molecular weight excluding hydrogens is 310 g/mol. The lowest BCUT2D eigenvalue weighted by Crippen LogP contribution is -2.30. The molecule has 0 N–H and O–H groups in total. The highest BCUT2D eigenvalue weighted by Gasteiger charge is 2.23. The molecule has 3 aromatic rings. The molecule has 120 valence electrons. The topological polar surface area (TPSA) is 42.7 Å². The predicted octanol–water partition coefficient (Wildman–Crippen LogP) is 4.47. The molecule has 0 bridgehead atoms. The van der Waals surface area contributed by atoms with Crippen LogP contribution in [0.5, 0.6) is 5.75 Å². The maximum Gasteiger partial charge on any atom is 0.290 e. The van der Waals surface area contributed by atoms with E-state index < -0.39 is 0 Å². The Hall–Kier alpha value is -2.27. The summed E-state index contributed by atoms with van der Waals surface area (Å²) < 4.78 is 11.1. The lowest BCUT2D eigenvalue weighted by Gasteiger charge is -2.19. The molecule has 3 rings (SSSR count). The summed E-state index contributed by atoms with van der Waals surface area (Å²) >= 11 is 1.65. The minimum absolute atomic E-state index is 0.0754. The number of nitrogens with zero attached hydrogens (tertiary/aromatic N) is 1. The van der Waals surface area contributed by atoms with Crippen LogP contribution in [0.3, 0.4) is 0 Å². The number of benzene rings is 1. The van der Waals surface area contributed by atoms with Gasteiger partial charge in [-0.1, -0.05) is 6.07 Å². The Kier molecular flexibility index (Phi) is 4.39. The van der Waals surface area contributed by atoms with Crippen LogP contribution in [0.25, 0.3) is 11.0 Å². The molecule has 23 heavy (non-hydrogen) atoms. The van der Waals surface area contributed by atoms with Crippen molar-refractivity contribution in [3.63, 3.8) is 0 Å². The smallest absolute Gasteiger partial charge is 0.290 e. The molecule has 0 saturated heterocycles. The third-order valence-electron chi connectivity index (χ3n) is 3.93. The highest BCUT2D eigenvalue weighted by molar-refractivity contribution is 7.09. The maximum absolute atomic E-state index is 12.9. The summed E-state index contributed by atoms with van der Waals surface area (Å²) in [6.07, 6.45) is 0. The standard InChI is InChI=1S/C18H19NO3S/c1-4-19(11-14-6-5-9-23-14)18(20)17-12(2)15-10-13(21-3)7-8-16(15)22-17/h5-10H,4,11H2,1-3H3. The first-order valence-corrected chi connectivity index (χ1v) is 8.40. The summed E-state index contributed by atoms with van der Waals surface area (Å²) in [5.41, 5.74) is 1.56. The number of hydrogen-bond acceptors (Lipinski definition) is 4. The van der Waals surface area contributed by atoms with Gasteiger partial charge in [-0.05, 0) is 43.5 Å². The molecule has 1 aromatic carbocycles. The van der Waals surface area contributed by atoms with Crippen LogP contribution in [0.4, 0.5) is 0 Å². The molecule has 0 aliphatic heterocycles. The first-order chi connectivity index (χ1) is 11.1. The van der Waals surface area contributed by atoms with Gasteiger partial charge in [0.1, 0.15) is 11.3 Å². The van der Waals surface area contributed by atoms with E-state index in [9.17, 15) is 4.79 Å². The van der Waals surface area contributed by atoms with Crippen LogP contribution < -0.4 is 4.74 Å². The van der Waals surface area contributed by atoms with Gasteiger partial charge in [0.25, 0.3) is 5.91 Å². The summed E-state index contributed by atoms with van der Waals surface area (Å²) in [6, 6.07) is 9.62. The summed E-state index contributed by atoms with van der Waals surface area (Å²) in [4.78, 5) is 15.8. The lowest BCUT2D eigenvalue weighted by atomic mass is 10.1. The van der Waals surface area contributed by atoms with Gasteiger partial charge in [-0.25, -0.2) is 0 Å². The maximum atomic E-state index is 12.9. The van der Waals surface area contributed by atoms with E-state index in [-0.39, 0.29) is 5.91 Å². The number of aryl methyl sites for hydroxylation is 1. The number of hydrogen-bond donors (Lipinski definition) is 0. The lowest BCUT2D eigenvalue weighted by molar-refractivity contribution is 0.0723. The molecule has 0 aliphatic rings. The number of thiophene rings is 1. The van der Waals surface area contributed by atoms with Crippen LogP contribution in [0.1, 0.15) is 27.9 Å². The molecule has 0 saturated carbocycles. The van der Waals surface area contributed by atoms with E-state index in [0.717, 1.165) is 21.6 Å². The number of methoxy groups -OCH3 is 1. The van der Waals surface area contributed by atoms with Crippen molar-refractivity contribution in [1.29, 1.82) is 0 Å². The van der Waals surface area contributed by atoms with Gasteiger partial charge in [0.05, 0.1) is 13.7 Å². The highest BCUT2D eigenvalue weighted by atomic mass is 32.1. The van der Waals surface area contributed by atoms with Gasteiger partial charge in [-0.2, -0.15) is 0 Å². The van der Waals surface area contributed by atoms with E-state index >= 15 is 0 Å². The molecule has 0 atom stereocenters. The molecule has 4 nitrogen and oxygen atoms in total. The first kappa shape index (κ1) is 15.6. The van der Waals surface area contributed by atoms with Gasteiger partial charge in [0, 0.05) is 22.4 Å². The van der Waals surface area contributed by atoms with Crippen molar-refractivity contribution in [3.8, 4) is 5.75 Å². The predicted molar refractivity (Wildman–Crippen MR) is 92.2 cm³/mol. The third-order valence-corrected chi connectivity index (χ3v) is 4.79. The average Bonchev–Trinajstić information content (AvgIpc) is 3.20. The van der Waals surface area contributed by atoms with E-state index in [1.54, 1.807) is 23.3 Å². The average molecular weight is 329 g/mol. The monoisotopic (exact) mass is 329 g/mol. The van der Waals surface area contributed by atoms with Crippen LogP contribution in [0.2, 0.25) is 0 Å². The normalized spacial score (nSPS) is 10.9. The Bertz CT molecular complexity index is 820. The van der Waals surface area contributed by atoms with Crippen molar-refractivity contribution in [2.75, 3.05) is 13.7 Å². The van der Waals surface area contributed by atoms with Crippen molar-refractivity contribution < 1.29 is 13.9 Å². The number of carbonyl (C=O) groups excluding carboxylic acids is 1. The Morgan fingerprint density at radius 3 is 2.83 bits per heavy atom. The largest absolute Gasteiger partial charge is 0.497 e. The van der Waals surface area contributed by atoms with Crippen molar-refractivity contribution in [3.05, 3.63) is 51.9 Å². The van der Waals surface area contributed by atoms with E-state index in [0.29, 0.717) is 24.4 Å². The van der Waals surface area contributed by atoms with Gasteiger partial charge in [0.2, 0.25) is 0 Å². The summed E-state index contributed by atoms with van der Waals surface area (Å²) in [5, 5.41) is 2.94. The zero-order valence-electron chi connectivity index (χ0n) is 13.5. The number of carbonyl (C=O) groups is 1. The second-order valence-electron chi connectivity index (χ2n) is 5.32. The van der Waals surface area contributed by atoms with Gasteiger partial charge in [-0.3, -0.25) is 4.79 Å². The van der Waals surface area contributed by atoms with E-state index in [2.05, 4.69) is 0 Å². The molecule has 1 amide bonds. The number of ether oxygens (including phenoxy) is 1. The number of amides is 1. The molecular formula is C18H19NO3S. The SMILES string of the molecule is CCN(Cc1cccs1)C(=O)c1oc2ccc(OC)cc2c1C. The third kappa shape index (κ3) is 2.97. The van der Waals surface area contributed by atoms with Crippen LogP contribution in [0, 0.1) is 6.92 Å². The van der Waals surface area contributed by atoms with Crippen molar-refractivity contribution in [2.24, 2.45) is 0 Å². The Balaban J connectivity index is 1.94. The van der Waals surface area contributed by atoms with Crippen LogP contribution in [-0.2, 0) is 6.54 Å². The molecule has 5 heteroatoms. The van der Waals surface area contributed by atoms with Crippen molar-refractivity contribution >= 4 is 28.2 Å². The highest BCUT2D eigenvalue weighted by Crippen LogP contribution is 2.29. The first-order valence-electron chi connectivity index (χ1n) is 7.52. The minimum Gasteiger partial charge on any atom is -0.497 e. The fourth-order valence-corrected chi connectivity index (χ4v) is 3.31. The van der Waals surface area contributed by atoms with Crippen LogP contribution in [0.15, 0.2) is 40.1 Å². The minimum atomic E-state index is -0.0754. The van der Waals surface area contributed by atoms with Gasteiger partial charge in [0.15, 0.2) is 5.76 Å². The molecule has 0 spiro atoms. The fourth-order valence-electron chi connectivity index (χ4n) is 2.59. The zero-order chi connectivity index (χ0) is 16.4. The van der Waals surface area contributed by atoms with Crippen LogP contribution >= 0.6 is 11.3 Å². The molecule has 0 aliphatic carbocycles. The van der Waals surface area contributed by atoms with Gasteiger partial charge < -0.3 is 14.1 Å². The number of fused-ring (bicyclic) bond motifs is 1. The van der Waals surface area contributed by atoms with Crippen molar-refractivity contribution in [2.45, 2.75) is 20.4 Å². The quantitative estimate of drug-likeness (QED) is 0.693. The Morgan fingerprint density at radius 1 is 1.35 bits per heavy atom. The van der Waals surface area contributed by atoms with E-state index in [1.165, 1.54) is 0 Å². The number of rotatable bonds is 5. The summed E-state index contributed by atoms with van der Waals surface area (Å²) in [5.74, 6) is 1.09. The Labute approximate surface area is 139 Å². The molecule has 2 heterocycles. The zero-order valence-corrected chi connectivity index (χ0v) is 14.3. The van der Waals surface area contributed by atoms with Crippen molar-refractivity contribution in [1.82, 2.24) is 4.90 Å². The number of furan rings is 1. The summed E-state index contributed by atoms with van der Waals surface area (Å²) in [7, 11) is 1.63. The second-order valence-corrected chi connectivity index (χ2v) is 6.35. The molecule has 2 aromatic heterocycles. The second kappa shape index (κ2) is 6.46. The Morgan fingerprint density at radius 2 is 2.17 bits per heavy atom. The van der Waals surface area contributed by atoms with E-state index in [1.807, 2.05) is 49.6 Å². The summed E-state index contributed by atoms with van der Waals surface area (Å²) in [6.45, 7) is 5.13. The molecule has 0 unspecified atom stereocenters.